The average Bonchev–Trinajstić information content (AvgIpc) is 2.37. The molecule has 0 bridgehead atoms. The molecule has 19 heavy (non-hydrogen) atoms. The molecule has 0 aromatic carbocycles. The second-order valence-corrected chi connectivity index (χ2v) is 7.67. The number of hydrogen-bond donors (Lipinski definition) is 2. The minimum absolute atomic E-state index is 0.128. The Morgan fingerprint density at radius 1 is 1.37 bits per heavy atom. The summed E-state index contributed by atoms with van der Waals surface area (Å²) < 4.78 is 24.6. The average molecular weight is 293 g/mol. The highest BCUT2D eigenvalue weighted by atomic mass is 32.2. The van der Waals surface area contributed by atoms with Gasteiger partial charge in [-0.3, -0.25) is 0 Å². The SMILES string of the molecule is CCC(O)(CC)C(O)CC1CCCN(S(C)(=O)=O)C1. The van der Waals surface area contributed by atoms with Crippen LogP contribution in [0.5, 0.6) is 0 Å². The van der Waals surface area contributed by atoms with Crippen molar-refractivity contribution in [1.82, 2.24) is 4.31 Å². The summed E-state index contributed by atoms with van der Waals surface area (Å²) in [6.45, 7) is 4.74. The quantitative estimate of drug-likeness (QED) is 0.764. The molecule has 0 spiro atoms. The summed E-state index contributed by atoms with van der Waals surface area (Å²) in [5.74, 6) is 0.128. The van der Waals surface area contributed by atoms with Crippen LogP contribution in [0, 0.1) is 5.92 Å². The smallest absolute Gasteiger partial charge is 0.211 e. The lowest BCUT2D eigenvalue weighted by atomic mass is 9.83. The van der Waals surface area contributed by atoms with E-state index in [1.165, 1.54) is 10.6 Å². The van der Waals surface area contributed by atoms with E-state index in [4.69, 9.17) is 0 Å². The third-order valence-corrected chi connectivity index (χ3v) is 5.62. The minimum atomic E-state index is -3.15. The molecule has 0 saturated carbocycles. The van der Waals surface area contributed by atoms with Gasteiger partial charge in [0.25, 0.3) is 0 Å². The maximum absolute atomic E-state index is 11.5. The van der Waals surface area contributed by atoms with Gasteiger partial charge in [-0.25, -0.2) is 12.7 Å². The largest absolute Gasteiger partial charge is 0.390 e. The van der Waals surface area contributed by atoms with Crippen LogP contribution in [0.3, 0.4) is 0 Å². The van der Waals surface area contributed by atoms with Crippen molar-refractivity contribution >= 4 is 10.0 Å². The lowest BCUT2D eigenvalue weighted by molar-refractivity contribution is -0.0903. The molecule has 5 nitrogen and oxygen atoms in total. The highest BCUT2D eigenvalue weighted by molar-refractivity contribution is 7.88. The van der Waals surface area contributed by atoms with E-state index in [1.54, 1.807) is 0 Å². The number of nitrogens with zero attached hydrogens (tertiary/aromatic N) is 1. The zero-order valence-electron chi connectivity index (χ0n) is 12.2. The van der Waals surface area contributed by atoms with Gasteiger partial charge in [-0.15, -0.1) is 0 Å². The summed E-state index contributed by atoms with van der Waals surface area (Å²) in [6, 6.07) is 0. The van der Waals surface area contributed by atoms with Crippen LogP contribution in [0.4, 0.5) is 0 Å². The van der Waals surface area contributed by atoms with Crippen LogP contribution in [-0.4, -0.2) is 54.0 Å². The third kappa shape index (κ3) is 4.41. The standard InChI is InChI=1S/C13H27NO4S/c1-4-13(16,5-2)12(15)9-11-7-6-8-14(10-11)19(3,17)18/h11-12,15-16H,4-10H2,1-3H3. The summed E-state index contributed by atoms with van der Waals surface area (Å²) in [6.07, 6.45) is 3.64. The van der Waals surface area contributed by atoms with Crippen molar-refractivity contribution < 1.29 is 18.6 Å². The van der Waals surface area contributed by atoms with Gasteiger partial charge >= 0.3 is 0 Å². The molecule has 6 heteroatoms. The van der Waals surface area contributed by atoms with Gasteiger partial charge in [-0.2, -0.15) is 0 Å². The molecule has 0 aliphatic carbocycles. The van der Waals surface area contributed by atoms with Crippen molar-refractivity contribution in [2.24, 2.45) is 5.92 Å². The van der Waals surface area contributed by atoms with Crippen molar-refractivity contribution in [1.29, 1.82) is 0 Å². The van der Waals surface area contributed by atoms with Gasteiger partial charge < -0.3 is 10.2 Å². The van der Waals surface area contributed by atoms with Gasteiger partial charge in [-0.05, 0) is 38.0 Å². The Labute approximate surface area is 116 Å². The summed E-state index contributed by atoms with van der Waals surface area (Å²) >= 11 is 0. The molecule has 1 heterocycles. The topological polar surface area (TPSA) is 77.8 Å². The number of aliphatic hydroxyl groups excluding tert-OH is 1. The van der Waals surface area contributed by atoms with Crippen LogP contribution in [0.15, 0.2) is 0 Å². The van der Waals surface area contributed by atoms with Crippen LogP contribution in [-0.2, 0) is 10.0 Å². The van der Waals surface area contributed by atoms with Gasteiger partial charge in [0, 0.05) is 13.1 Å². The van der Waals surface area contributed by atoms with Crippen molar-refractivity contribution in [2.75, 3.05) is 19.3 Å². The number of hydrogen-bond acceptors (Lipinski definition) is 4. The molecule has 0 radical (unpaired) electrons. The molecule has 1 rings (SSSR count). The third-order valence-electron chi connectivity index (χ3n) is 4.35. The van der Waals surface area contributed by atoms with E-state index < -0.39 is 21.7 Å². The fourth-order valence-electron chi connectivity index (χ4n) is 2.78. The minimum Gasteiger partial charge on any atom is -0.390 e. The first-order valence-electron chi connectivity index (χ1n) is 7.08. The number of sulfonamides is 1. The monoisotopic (exact) mass is 293 g/mol. The van der Waals surface area contributed by atoms with Gasteiger partial charge in [-0.1, -0.05) is 13.8 Å². The Morgan fingerprint density at radius 2 is 1.95 bits per heavy atom. The van der Waals surface area contributed by atoms with Crippen molar-refractivity contribution in [3.8, 4) is 0 Å². The maximum Gasteiger partial charge on any atom is 0.211 e. The second kappa shape index (κ2) is 6.52. The van der Waals surface area contributed by atoms with E-state index >= 15 is 0 Å². The number of aliphatic hydroxyl groups is 2. The summed E-state index contributed by atoms with van der Waals surface area (Å²) in [5.41, 5.74) is -1.05. The highest BCUT2D eigenvalue weighted by Crippen LogP contribution is 2.29. The molecule has 0 amide bonds. The van der Waals surface area contributed by atoms with E-state index in [2.05, 4.69) is 0 Å². The summed E-state index contributed by atoms with van der Waals surface area (Å²) in [4.78, 5) is 0. The van der Waals surface area contributed by atoms with E-state index in [0.29, 0.717) is 32.4 Å². The van der Waals surface area contributed by atoms with Gasteiger partial charge in [0.2, 0.25) is 10.0 Å². The number of rotatable bonds is 6. The maximum atomic E-state index is 11.5. The summed E-state index contributed by atoms with van der Waals surface area (Å²) in [7, 11) is -3.15. The van der Waals surface area contributed by atoms with E-state index in [-0.39, 0.29) is 5.92 Å². The van der Waals surface area contributed by atoms with E-state index in [9.17, 15) is 18.6 Å². The lowest BCUT2D eigenvalue weighted by Gasteiger charge is -2.36. The van der Waals surface area contributed by atoms with Crippen LogP contribution in [0.25, 0.3) is 0 Å². The Hall–Kier alpha value is -0.170. The molecule has 2 unspecified atom stereocenters. The first kappa shape index (κ1) is 16.9. The Bertz CT molecular complexity index is 378. The molecular weight excluding hydrogens is 266 g/mol. The molecule has 0 aromatic rings. The molecule has 1 saturated heterocycles. The first-order valence-corrected chi connectivity index (χ1v) is 8.93. The fourth-order valence-corrected chi connectivity index (χ4v) is 3.72. The molecule has 0 aromatic heterocycles. The summed E-state index contributed by atoms with van der Waals surface area (Å²) in [5, 5.41) is 20.5. The lowest BCUT2D eigenvalue weighted by Crippen LogP contribution is -2.45. The van der Waals surface area contributed by atoms with Crippen LogP contribution in [0.2, 0.25) is 0 Å². The Morgan fingerprint density at radius 3 is 2.42 bits per heavy atom. The Balaban J connectivity index is 2.62. The molecule has 2 N–H and O–H groups in total. The van der Waals surface area contributed by atoms with Crippen LogP contribution in [0.1, 0.15) is 46.0 Å². The van der Waals surface area contributed by atoms with Gasteiger partial charge in [0.05, 0.1) is 18.0 Å². The van der Waals surface area contributed by atoms with Crippen molar-refractivity contribution in [3.63, 3.8) is 0 Å². The second-order valence-electron chi connectivity index (χ2n) is 5.69. The highest BCUT2D eigenvalue weighted by Gasteiger charge is 2.35. The normalized spacial score (nSPS) is 24.4. The first-order chi connectivity index (χ1) is 8.73. The van der Waals surface area contributed by atoms with Crippen molar-refractivity contribution in [2.45, 2.75) is 57.7 Å². The van der Waals surface area contributed by atoms with Crippen LogP contribution < -0.4 is 0 Å². The molecule has 2 atom stereocenters. The molecule has 1 fully saturated rings. The van der Waals surface area contributed by atoms with Crippen LogP contribution >= 0.6 is 0 Å². The van der Waals surface area contributed by atoms with E-state index in [1.807, 2.05) is 13.8 Å². The van der Waals surface area contributed by atoms with E-state index in [0.717, 1.165) is 12.8 Å². The number of piperidine rings is 1. The zero-order chi connectivity index (χ0) is 14.7. The predicted molar refractivity (Wildman–Crippen MR) is 75.3 cm³/mol. The molecule has 1 aliphatic heterocycles. The fraction of sp³-hybridized carbons (Fsp3) is 1.00. The van der Waals surface area contributed by atoms with Gasteiger partial charge in [0.1, 0.15) is 0 Å². The van der Waals surface area contributed by atoms with Gasteiger partial charge in [0.15, 0.2) is 0 Å². The molecule has 114 valence electrons. The van der Waals surface area contributed by atoms with Crippen molar-refractivity contribution in [3.05, 3.63) is 0 Å². The zero-order valence-corrected chi connectivity index (χ0v) is 13.0. The molecule has 1 aliphatic rings. The predicted octanol–water partition coefficient (Wildman–Crippen LogP) is 0.960. The Kier molecular flexibility index (Phi) is 5.79. The molecular formula is C13H27NO4S.